The van der Waals surface area contributed by atoms with Crippen molar-refractivity contribution in [2.45, 2.75) is 0 Å². The van der Waals surface area contributed by atoms with Crippen LogP contribution in [0.5, 0.6) is 17.6 Å². The fourth-order valence-electron chi connectivity index (χ4n) is 1.52. The summed E-state index contributed by atoms with van der Waals surface area (Å²) < 4.78 is 15.3. The zero-order valence-electron chi connectivity index (χ0n) is 10.4. The molecular weight excluding hydrogens is 232 g/mol. The topological polar surface area (TPSA) is 53.5 Å². The van der Waals surface area contributed by atoms with Crippen molar-refractivity contribution in [3.8, 4) is 28.8 Å². The average molecular weight is 245 g/mol. The van der Waals surface area contributed by atoms with Crippen LogP contribution in [0.25, 0.3) is 11.1 Å². The van der Waals surface area contributed by atoms with Crippen LogP contribution in [0.1, 0.15) is 0 Å². The van der Waals surface area contributed by atoms with Crippen LogP contribution < -0.4 is 14.2 Å². The summed E-state index contributed by atoms with van der Waals surface area (Å²) in [5.74, 6) is 1.17. The molecular formula is C13H13N2O3. The molecule has 0 saturated carbocycles. The molecule has 0 aliphatic rings. The summed E-state index contributed by atoms with van der Waals surface area (Å²) in [4.78, 5) is 8.19. The van der Waals surface area contributed by atoms with Gasteiger partial charge in [0.15, 0.2) is 0 Å². The highest BCUT2D eigenvalue weighted by atomic mass is 16.5. The Morgan fingerprint density at radius 2 is 1.94 bits per heavy atom. The monoisotopic (exact) mass is 245 g/mol. The zero-order chi connectivity index (χ0) is 13.0. The molecule has 0 bridgehead atoms. The van der Waals surface area contributed by atoms with Crippen molar-refractivity contribution in [2.24, 2.45) is 0 Å². The van der Waals surface area contributed by atoms with Gasteiger partial charge in [0.2, 0.25) is 5.88 Å². The summed E-state index contributed by atoms with van der Waals surface area (Å²) in [5.41, 5.74) is 1.53. The highest BCUT2D eigenvalue weighted by molar-refractivity contribution is 5.68. The van der Waals surface area contributed by atoms with E-state index in [0.717, 1.165) is 16.9 Å². The van der Waals surface area contributed by atoms with Gasteiger partial charge in [-0.2, -0.15) is 4.98 Å². The lowest BCUT2D eigenvalue weighted by atomic mass is 10.1. The van der Waals surface area contributed by atoms with Crippen molar-refractivity contribution in [3.63, 3.8) is 0 Å². The SMILES string of the molecule is COc1cc[c]c(-c2cnc(OC)nc2OC)c1. The number of benzene rings is 1. The molecule has 0 N–H and O–H groups in total. The molecule has 1 aromatic carbocycles. The Morgan fingerprint density at radius 1 is 1.11 bits per heavy atom. The first-order valence-electron chi connectivity index (χ1n) is 5.29. The van der Waals surface area contributed by atoms with Gasteiger partial charge in [-0.3, -0.25) is 0 Å². The Morgan fingerprint density at radius 3 is 2.61 bits per heavy atom. The molecule has 0 aliphatic heterocycles. The predicted octanol–water partition coefficient (Wildman–Crippen LogP) is 1.97. The van der Waals surface area contributed by atoms with Gasteiger partial charge in [0.05, 0.1) is 26.9 Å². The van der Waals surface area contributed by atoms with E-state index in [9.17, 15) is 0 Å². The third-order valence-corrected chi connectivity index (χ3v) is 2.41. The maximum Gasteiger partial charge on any atom is 0.319 e. The summed E-state index contributed by atoms with van der Waals surface area (Å²) in [6, 6.07) is 8.79. The molecule has 0 atom stereocenters. The van der Waals surface area contributed by atoms with Crippen molar-refractivity contribution < 1.29 is 14.2 Å². The van der Waals surface area contributed by atoms with Gasteiger partial charge in [-0.15, -0.1) is 0 Å². The molecule has 18 heavy (non-hydrogen) atoms. The molecule has 0 unspecified atom stereocenters. The molecule has 0 fully saturated rings. The number of hydrogen-bond acceptors (Lipinski definition) is 5. The van der Waals surface area contributed by atoms with Gasteiger partial charge in [-0.05, 0) is 18.2 Å². The minimum atomic E-state index is 0.262. The molecule has 2 rings (SSSR count). The third kappa shape index (κ3) is 2.34. The van der Waals surface area contributed by atoms with Crippen molar-refractivity contribution in [3.05, 3.63) is 30.5 Å². The lowest BCUT2D eigenvalue weighted by Gasteiger charge is -2.09. The summed E-state index contributed by atoms with van der Waals surface area (Å²) >= 11 is 0. The van der Waals surface area contributed by atoms with Gasteiger partial charge in [0, 0.05) is 11.8 Å². The molecule has 0 saturated heterocycles. The van der Waals surface area contributed by atoms with Gasteiger partial charge in [0.25, 0.3) is 0 Å². The fourth-order valence-corrected chi connectivity index (χ4v) is 1.52. The normalized spacial score (nSPS) is 9.94. The summed E-state index contributed by atoms with van der Waals surface area (Å²) in [7, 11) is 4.67. The van der Waals surface area contributed by atoms with Crippen LogP contribution in [0.4, 0.5) is 0 Å². The molecule has 1 radical (unpaired) electrons. The largest absolute Gasteiger partial charge is 0.497 e. The highest BCUT2D eigenvalue weighted by Gasteiger charge is 2.11. The maximum absolute atomic E-state index is 5.22. The number of hydrogen-bond donors (Lipinski definition) is 0. The summed E-state index contributed by atoms with van der Waals surface area (Å²) in [5, 5.41) is 0. The quantitative estimate of drug-likeness (QED) is 0.824. The van der Waals surface area contributed by atoms with E-state index in [4.69, 9.17) is 14.2 Å². The van der Waals surface area contributed by atoms with E-state index in [2.05, 4.69) is 16.0 Å². The Bertz CT molecular complexity index is 544. The van der Waals surface area contributed by atoms with Crippen molar-refractivity contribution >= 4 is 0 Å². The van der Waals surface area contributed by atoms with Crippen molar-refractivity contribution in [1.82, 2.24) is 9.97 Å². The number of nitrogens with zero attached hydrogens (tertiary/aromatic N) is 2. The molecule has 0 spiro atoms. The second-order valence-corrected chi connectivity index (χ2v) is 3.42. The smallest absolute Gasteiger partial charge is 0.319 e. The Kier molecular flexibility index (Phi) is 3.62. The van der Waals surface area contributed by atoms with Crippen LogP contribution in [0, 0.1) is 6.07 Å². The third-order valence-electron chi connectivity index (χ3n) is 2.41. The van der Waals surface area contributed by atoms with Gasteiger partial charge in [-0.1, -0.05) is 6.07 Å². The molecule has 1 heterocycles. The number of methoxy groups -OCH3 is 3. The summed E-state index contributed by atoms with van der Waals surface area (Å²) in [6.45, 7) is 0. The number of ether oxygens (including phenoxy) is 3. The molecule has 5 heteroatoms. The van der Waals surface area contributed by atoms with E-state index >= 15 is 0 Å². The van der Waals surface area contributed by atoms with Crippen LogP contribution in [0.15, 0.2) is 24.4 Å². The predicted molar refractivity (Wildman–Crippen MR) is 66.0 cm³/mol. The average Bonchev–Trinajstić information content (AvgIpc) is 2.46. The maximum atomic E-state index is 5.22. The zero-order valence-corrected chi connectivity index (χ0v) is 10.4. The molecule has 1 aromatic heterocycles. The van der Waals surface area contributed by atoms with Crippen molar-refractivity contribution in [2.75, 3.05) is 21.3 Å². The first kappa shape index (κ1) is 12.2. The second-order valence-electron chi connectivity index (χ2n) is 3.42. The second kappa shape index (κ2) is 5.35. The number of rotatable bonds is 4. The van der Waals surface area contributed by atoms with E-state index in [-0.39, 0.29) is 6.01 Å². The lowest BCUT2D eigenvalue weighted by molar-refractivity contribution is 0.353. The van der Waals surface area contributed by atoms with Crippen LogP contribution >= 0.6 is 0 Å². The molecule has 0 aliphatic carbocycles. The molecule has 5 nitrogen and oxygen atoms in total. The van der Waals surface area contributed by atoms with Gasteiger partial charge in [-0.25, -0.2) is 4.98 Å². The standard InChI is InChI=1S/C13H13N2O3/c1-16-10-6-4-5-9(7-10)11-8-14-13(18-3)15-12(11)17-2/h4,6-8H,1-3H3. The Hall–Kier alpha value is -2.30. The number of aromatic nitrogens is 2. The van der Waals surface area contributed by atoms with Gasteiger partial charge >= 0.3 is 6.01 Å². The van der Waals surface area contributed by atoms with Crippen LogP contribution in [-0.4, -0.2) is 31.3 Å². The molecule has 0 amide bonds. The Labute approximate surface area is 105 Å². The summed E-state index contributed by atoms with van der Waals surface area (Å²) in [6.07, 6.45) is 1.63. The van der Waals surface area contributed by atoms with E-state index in [1.54, 1.807) is 26.5 Å². The first-order valence-corrected chi connectivity index (χ1v) is 5.29. The highest BCUT2D eigenvalue weighted by Crippen LogP contribution is 2.30. The lowest BCUT2D eigenvalue weighted by Crippen LogP contribution is -1.97. The fraction of sp³-hybridized carbons (Fsp3) is 0.231. The van der Waals surface area contributed by atoms with E-state index in [0.29, 0.717) is 5.88 Å². The van der Waals surface area contributed by atoms with Gasteiger partial charge < -0.3 is 14.2 Å². The van der Waals surface area contributed by atoms with Crippen LogP contribution in [0.3, 0.4) is 0 Å². The minimum absolute atomic E-state index is 0.262. The van der Waals surface area contributed by atoms with E-state index in [1.807, 2.05) is 12.1 Å². The van der Waals surface area contributed by atoms with E-state index in [1.165, 1.54) is 7.11 Å². The first-order chi connectivity index (χ1) is 8.78. The van der Waals surface area contributed by atoms with E-state index < -0.39 is 0 Å². The van der Waals surface area contributed by atoms with Crippen LogP contribution in [0.2, 0.25) is 0 Å². The van der Waals surface area contributed by atoms with Crippen molar-refractivity contribution in [1.29, 1.82) is 0 Å². The Balaban J connectivity index is 2.48. The molecule has 93 valence electrons. The van der Waals surface area contributed by atoms with Gasteiger partial charge in [0.1, 0.15) is 5.75 Å². The molecule has 2 aromatic rings. The minimum Gasteiger partial charge on any atom is -0.497 e. The van der Waals surface area contributed by atoms with Crippen LogP contribution in [-0.2, 0) is 0 Å².